The molecular weight excluding hydrogens is 404 g/mol. The molecule has 0 radical (unpaired) electrons. The third-order valence-electron chi connectivity index (χ3n) is 3.49. The number of nitrogens with one attached hydrogen (secondary N) is 2. The van der Waals surface area contributed by atoms with Gasteiger partial charge in [0, 0.05) is 0 Å². The topological polar surface area (TPSA) is 117 Å². The Hall–Kier alpha value is -3.17. The van der Waals surface area contributed by atoms with Crippen molar-refractivity contribution in [3.05, 3.63) is 62.5 Å². The van der Waals surface area contributed by atoms with Crippen molar-refractivity contribution in [3.8, 4) is 22.1 Å². The van der Waals surface area contributed by atoms with Crippen molar-refractivity contribution in [3.63, 3.8) is 0 Å². The number of phenolic OH excluding ortho intramolecular Hbond substituents is 1. The molecule has 3 N–H and O–H groups in total. The van der Waals surface area contributed by atoms with Crippen molar-refractivity contribution >= 4 is 35.1 Å². The number of H-pyrrole nitrogens is 1. The Bertz CT molecular complexity index is 1080. The Morgan fingerprint density at radius 2 is 2.29 bits per heavy atom. The molecule has 0 saturated heterocycles. The zero-order valence-corrected chi connectivity index (χ0v) is 16.2. The van der Waals surface area contributed by atoms with Crippen LogP contribution in [0.3, 0.4) is 0 Å². The molecule has 28 heavy (non-hydrogen) atoms. The van der Waals surface area contributed by atoms with Gasteiger partial charge in [0.05, 0.1) is 28.4 Å². The van der Waals surface area contributed by atoms with Gasteiger partial charge in [-0.05, 0) is 42.1 Å². The molecule has 0 aliphatic rings. The minimum Gasteiger partial charge on any atom is -0.503 e. The van der Waals surface area contributed by atoms with Crippen molar-refractivity contribution < 1.29 is 14.6 Å². The minimum absolute atomic E-state index is 0.0666. The van der Waals surface area contributed by atoms with Crippen molar-refractivity contribution in [2.75, 3.05) is 6.61 Å². The van der Waals surface area contributed by atoms with Crippen LogP contribution < -0.4 is 15.9 Å². The van der Waals surface area contributed by atoms with Gasteiger partial charge in [-0.15, -0.1) is 11.3 Å². The Balaban J connectivity index is 1.77. The van der Waals surface area contributed by atoms with Crippen LogP contribution in [-0.2, 0) is 0 Å². The number of hydrogen-bond donors (Lipinski definition) is 3. The summed E-state index contributed by atoms with van der Waals surface area (Å²) < 4.78 is 5.29. The van der Waals surface area contributed by atoms with Gasteiger partial charge < -0.3 is 14.8 Å². The first-order valence-electron chi connectivity index (χ1n) is 8.12. The number of phenols is 1. The number of benzene rings is 1. The molecule has 0 unspecified atom stereocenters. The summed E-state index contributed by atoms with van der Waals surface area (Å²) in [6.07, 6.45) is 1.33. The highest BCUT2D eigenvalue weighted by Gasteiger charge is 2.12. The van der Waals surface area contributed by atoms with E-state index in [0.717, 1.165) is 4.88 Å². The fourth-order valence-electron chi connectivity index (χ4n) is 2.30. The van der Waals surface area contributed by atoms with E-state index in [2.05, 4.69) is 20.5 Å². The van der Waals surface area contributed by atoms with Gasteiger partial charge in [-0.1, -0.05) is 17.7 Å². The summed E-state index contributed by atoms with van der Waals surface area (Å²) in [7, 11) is 0. The third-order valence-corrected chi connectivity index (χ3v) is 4.69. The first kappa shape index (κ1) is 19.6. The van der Waals surface area contributed by atoms with E-state index in [-0.39, 0.29) is 22.2 Å². The monoisotopic (exact) mass is 418 g/mol. The highest BCUT2D eigenvalue weighted by atomic mass is 35.5. The van der Waals surface area contributed by atoms with Crippen LogP contribution in [0.15, 0.2) is 45.6 Å². The van der Waals surface area contributed by atoms with Crippen LogP contribution in [0.1, 0.15) is 23.0 Å². The summed E-state index contributed by atoms with van der Waals surface area (Å²) in [6.45, 7) is 2.12. The van der Waals surface area contributed by atoms with Gasteiger partial charge in [-0.2, -0.15) is 10.1 Å². The molecule has 10 heteroatoms. The predicted octanol–water partition coefficient (Wildman–Crippen LogP) is 3.02. The molecule has 3 aromatic rings. The number of thiophene rings is 1. The van der Waals surface area contributed by atoms with Crippen molar-refractivity contribution in [1.29, 1.82) is 0 Å². The van der Waals surface area contributed by atoms with Crippen LogP contribution in [0.2, 0.25) is 5.02 Å². The highest BCUT2D eigenvalue weighted by molar-refractivity contribution is 7.13. The maximum Gasteiger partial charge on any atom is 0.346 e. The molecule has 0 fully saturated rings. The third kappa shape index (κ3) is 4.56. The number of carbonyl (C=O) groups excluding carboxylic acids is 1. The summed E-state index contributed by atoms with van der Waals surface area (Å²) >= 11 is 7.37. The number of hydrogen-bond acceptors (Lipinski definition) is 7. The maximum atomic E-state index is 12.3. The van der Waals surface area contributed by atoms with Crippen molar-refractivity contribution in [2.24, 2.45) is 5.10 Å². The van der Waals surface area contributed by atoms with E-state index in [1.165, 1.54) is 35.8 Å². The van der Waals surface area contributed by atoms with Crippen LogP contribution in [-0.4, -0.2) is 33.8 Å². The number of hydrazone groups is 1. The molecule has 1 aromatic carbocycles. The van der Waals surface area contributed by atoms with Crippen LogP contribution >= 0.6 is 22.9 Å². The van der Waals surface area contributed by atoms with E-state index in [9.17, 15) is 14.7 Å². The van der Waals surface area contributed by atoms with E-state index in [0.29, 0.717) is 17.9 Å². The Morgan fingerprint density at radius 1 is 1.46 bits per heavy atom. The normalized spacial score (nSPS) is 10.9. The van der Waals surface area contributed by atoms with Gasteiger partial charge in [0.1, 0.15) is 5.69 Å². The maximum absolute atomic E-state index is 12.3. The van der Waals surface area contributed by atoms with Gasteiger partial charge in [0.2, 0.25) is 0 Å². The first-order chi connectivity index (χ1) is 13.5. The highest BCUT2D eigenvalue weighted by Crippen LogP contribution is 2.34. The van der Waals surface area contributed by atoms with Gasteiger partial charge >= 0.3 is 5.69 Å². The predicted molar refractivity (Wildman–Crippen MR) is 108 cm³/mol. The molecule has 0 spiro atoms. The van der Waals surface area contributed by atoms with E-state index < -0.39 is 11.6 Å². The largest absolute Gasteiger partial charge is 0.503 e. The number of aromatic amines is 1. The number of amides is 1. The zero-order chi connectivity index (χ0) is 20.1. The van der Waals surface area contributed by atoms with E-state index in [1.54, 1.807) is 6.92 Å². The molecule has 2 heterocycles. The van der Waals surface area contributed by atoms with E-state index in [1.807, 2.05) is 17.5 Å². The second-order valence-corrected chi connectivity index (χ2v) is 6.80. The Morgan fingerprint density at radius 3 is 3.00 bits per heavy atom. The fraction of sp³-hybridized carbons (Fsp3) is 0.111. The number of aromatic nitrogens is 2. The summed E-state index contributed by atoms with van der Waals surface area (Å²) in [5.41, 5.74) is 2.61. The molecule has 8 nitrogen and oxygen atoms in total. The van der Waals surface area contributed by atoms with Crippen molar-refractivity contribution in [2.45, 2.75) is 6.92 Å². The molecule has 1 amide bonds. The van der Waals surface area contributed by atoms with Gasteiger partial charge in [-0.3, -0.25) is 4.79 Å². The van der Waals surface area contributed by atoms with Crippen LogP contribution in [0.4, 0.5) is 0 Å². The fourth-order valence-corrected chi connectivity index (χ4v) is 3.21. The second kappa shape index (κ2) is 8.68. The van der Waals surface area contributed by atoms with Gasteiger partial charge in [0.25, 0.3) is 5.91 Å². The van der Waals surface area contributed by atoms with Crippen LogP contribution in [0, 0.1) is 0 Å². The quantitative estimate of drug-likeness (QED) is 0.420. The lowest BCUT2D eigenvalue weighted by atomic mass is 10.2. The lowest BCUT2D eigenvalue weighted by Gasteiger charge is -2.08. The molecule has 0 saturated carbocycles. The standard InChI is InChI=1S/C18H15ClN4O4S/c1-2-27-14-7-10(6-11(19)16(14)24)9-20-23-17(25)13-8-12(21-18(26)22-13)15-4-3-5-28-15/h3-9,24H,2H2,1H3,(H,23,25)(H,21,22,26)/b20-9+. The molecule has 3 rings (SSSR count). The molecule has 144 valence electrons. The lowest BCUT2D eigenvalue weighted by molar-refractivity contribution is 0.0949. The summed E-state index contributed by atoms with van der Waals surface area (Å²) in [5, 5.41) is 15.6. The number of carbonyl (C=O) groups is 1. The average molecular weight is 419 g/mol. The zero-order valence-electron chi connectivity index (χ0n) is 14.6. The SMILES string of the molecule is CCOc1cc(/C=N/NC(=O)c2cc(-c3cccs3)[nH]c(=O)n2)cc(Cl)c1O. The molecule has 2 aromatic heterocycles. The Labute approximate surface area is 168 Å². The first-order valence-corrected chi connectivity index (χ1v) is 9.37. The van der Waals surface area contributed by atoms with E-state index in [4.69, 9.17) is 16.3 Å². The number of rotatable bonds is 6. The summed E-state index contributed by atoms with van der Waals surface area (Å²) in [4.78, 5) is 31.1. The summed E-state index contributed by atoms with van der Waals surface area (Å²) in [6, 6.07) is 8.13. The average Bonchev–Trinajstić information content (AvgIpc) is 3.20. The smallest absolute Gasteiger partial charge is 0.346 e. The second-order valence-electron chi connectivity index (χ2n) is 5.44. The molecular formula is C18H15ClN4O4S. The Kier molecular flexibility index (Phi) is 6.07. The lowest BCUT2D eigenvalue weighted by Crippen LogP contribution is -2.24. The van der Waals surface area contributed by atoms with Crippen LogP contribution in [0.5, 0.6) is 11.5 Å². The number of halogens is 1. The van der Waals surface area contributed by atoms with Crippen molar-refractivity contribution in [1.82, 2.24) is 15.4 Å². The van der Waals surface area contributed by atoms with Crippen LogP contribution in [0.25, 0.3) is 10.6 Å². The number of ether oxygens (including phenoxy) is 1. The van der Waals surface area contributed by atoms with E-state index >= 15 is 0 Å². The number of aromatic hydroxyl groups is 1. The molecule has 0 aliphatic heterocycles. The molecule has 0 aliphatic carbocycles. The van der Waals surface area contributed by atoms with Gasteiger partial charge in [0.15, 0.2) is 11.5 Å². The number of nitrogens with zero attached hydrogens (tertiary/aromatic N) is 2. The van der Waals surface area contributed by atoms with Gasteiger partial charge in [-0.25, -0.2) is 10.2 Å². The molecule has 0 atom stereocenters. The summed E-state index contributed by atoms with van der Waals surface area (Å²) in [5.74, 6) is -0.604. The molecule has 0 bridgehead atoms. The minimum atomic E-state index is -0.643.